The molecule has 0 aliphatic rings. The summed E-state index contributed by atoms with van der Waals surface area (Å²) in [5.74, 6) is 0. The van der Waals surface area contributed by atoms with Crippen molar-refractivity contribution >= 4 is 51.2 Å². The lowest BCUT2D eigenvalue weighted by Gasteiger charge is -2.28. The monoisotopic (exact) mass is 1010 g/mol. The van der Waals surface area contributed by atoms with Crippen molar-refractivity contribution in [2.75, 3.05) is 14.7 Å². The fourth-order valence-corrected chi connectivity index (χ4v) is 10.5. The molecule has 0 atom stereocenters. The predicted octanol–water partition coefficient (Wildman–Crippen LogP) is 22.1. The van der Waals surface area contributed by atoms with Gasteiger partial charge < -0.3 is 14.7 Å². The van der Waals surface area contributed by atoms with Crippen LogP contribution in [0.2, 0.25) is 0 Å². The van der Waals surface area contributed by atoms with Gasteiger partial charge in [0, 0.05) is 51.2 Å². The Morgan fingerprint density at radius 1 is 0.260 bits per heavy atom. The molecule has 9 aromatic carbocycles. The molecule has 0 aromatic heterocycles. The number of anilines is 9. The molecule has 0 aliphatic carbocycles. The molecule has 0 heterocycles. The van der Waals surface area contributed by atoms with Crippen LogP contribution >= 0.6 is 0 Å². The highest BCUT2D eigenvalue weighted by molar-refractivity contribution is 5.84. The molecule has 0 spiro atoms. The van der Waals surface area contributed by atoms with Crippen molar-refractivity contribution in [3.63, 3.8) is 0 Å². The molecule has 0 fully saturated rings. The van der Waals surface area contributed by atoms with Gasteiger partial charge in [0.05, 0.1) is 0 Å². The van der Waals surface area contributed by atoms with Crippen LogP contribution in [0, 0.1) is 0 Å². The van der Waals surface area contributed by atoms with E-state index in [0.29, 0.717) is 0 Å². The summed E-state index contributed by atoms with van der Waals surface area (Å²) in [5, 5.41) is 0. The third-order valence-corrected chi connectivity index (χ3v) is 15.2. The largest absolute Gasteiger partial charge is 0.311 e. The van der Waals surface area contributed by atoms with Crippen molar-refractivity contribution in [3.8, 4) is 22.3 Å². The van der Waals surface area contributed by atoms with Gasteiger partial charge in [-0.2, -0.15) is 0 Å². The number of rotatable bonds is 23. The minimum Gasteiger partial charge on any atom is -0.311 e. The van der Waals surface area contributed by atoms with E-state index >= 15 is 0 Å². The van der Waals surface area contributed by atoms with Gasteiger partial charge >= 0.3 is 0 Å². The van der Waals surface area contributed by atoms with E-state index in [-0.39, 0.29) is 5.41 Å². The van der Waals surface area contributed by atoms with E-state index in [1.165, 1.54) is 124 Å². The van der Waals surface area contributed by atoms with Crippen molar-refractivity contribution in [3.05, 3.63) is 246 Å². The number of hydrogen-bond donors (Lipinski definition) is 0. The minimum atomic E-state index is 0.0488. The Kier molecular flexibility index (Phi) is 18.3. The van der Waals surface area contributed by atoms with Gasteiger partial charge in [-0.15, -0.1) is 0 Å². The molecule has 3 nitrogen and oxygen atoms in total. The Bertz CT molecular complexity index is 2920. The molecule has 77 heavy (non-hydrogen) atoms. The zero-order valence-corrected chi connectivity index (χ0v) is 47.1. The zero-order valence-electron chi connectivity index (χ0n) is 47.1. The van der Waals surface area contributed by atoms with E-state index in [2.05, 4.69) is 282 Å². The topological polar surface area (TPSA) is 9.72 Å². The van der Waals surface area contributed by atoms with Gasteiger partial charge in [-0.05, 0) is 216 Å². The van der Waals surface area contributed by atoms with E-state index in [0.717, 1.165) is 54.1 Å². The quantitative estimate of drug-likeness (QED) is 0.0632. The zero-order chi connectivity index (χ0) is 53.6. The Morgan fingerprint density at radius 2 is 0.506 bits per heavy atom. The van der Waals surface area contributed by atoms with Crippen LogP contribution in [0.5, 0.6) is 0 Å². The summed E-state index contributed by atoms with van der Waals surface area (Å²) in [5.41, 5.74) is 21.9. The average molecular weight is 1010 g/mol. The molecule has 3 heteroatoms. The summed E-state index contributed by atoms with van der Waals surface area (Å²) >= 11 is 0. The number of nitrogens with zero attached hydrogens (tertiary/aromatic N) is 3. The summed E-state index contributed by atoms with van der Waals surface area (Å²) in [6, 6.07) is 82.2. The van der Waals surface area contributed by atoms with Gasteiger partial charge in [-0.25, -0.2) is 0 Å². The molecular weight excluding hydrogens is 931 g/mol. The summed E-state index contributed by atoms with van der Waals surface area (Å²) < 4.78 is 0. The Morgan fingerprint density at radius 3 is 0.766 bits per heavy atom. The number of aryl methyl sites for hydroxylation is 4. The first-order chi connectivity index (χ1) is 37.6. The van der Waals surface area contributed by atoms with Crippen LogP contribution in [-0.2, 0) is 31.1 Å². The first kappa shape index (κ1) is 54.2. The fourth-order valence-electron chi connectivity index (χ4n) is 10.5. The fraction of sp³-hybridized carbons (Fsp3) is 0.270. The van der Waals surface area contributed by atoms with E-state index in [9.17, 15) is 0 Å². The van der Waals surface area contributed by atoms with Crippen molar-refractivity contribution < 1.29 is 0 Å². The second-order valence-electron chi connectivity index (χ2n) is 22.1. The first-order valence-corrected chi connectivity index (χ1v) is 28.9. The van der Waals surface area contributed by atoms with Crippen LogP contribution in [0.15, 0.2) is 218 Å². The van der Waals surface area contributed by atoms with Crippen LogP contribution < -0.4 is 14.7 Å². The van der Waals surface area contributed by atoms with Crippen molar-refractivity contribution in [1.29, 1.82) is 0 Å². The lowest BCUT2D eigenvalue weighted by atomic mass is 9.87. The van der Waals surface area contributed by atoms with Crippen molar-refractivity contribution in [2.24, 2.45) is 0 Å². The molecule has 0 saturated heterocycles. The van der Waals surface area contributed by atoms with Gasteiger partial charge in [-0.3, -0.25) is 0 Å². The highest BCUT2D eigenvalue weighted by Crippen LogP contribution is 2.42. The van der Waals surface area contributed by atoms with Crippen LogP contribution in [-0.4, -0.2) is 0 Å². The van der Waals surface area contributed by atoms with E-state index < -0.39 is 0 Å². The van der Waals surface area contributed by atoms with E-state index in [1.807, 2.05) is 0 Å². The first-order valence-electron chi connectivity index (χ1n) is 28.9. The summed E-state index contributed by atoms with van der Waals surface area (Å²) in [6.45, 7) is 15.9. The van der Waals surface area contributed by atoms with Crippen LogP contribution in [0.1, 0.15) is 128 Å². The second kappa shape index (κ2) is 25.9. The SMILES string of the molecule is CCCCc1ccc(N(c2ccc(CCCC)cc2)c2cccc(-c3ccc(N(c4ccc(-c5cccc(N(c6ccc(CCCC)cc6)c6ccc(CCCC)cc6)c5)cc4)c4ccc(C(C)(C)C)cc4)cc3)c2)cc1. The van der Waals surface area contributed by atoms with E-state index in [4.69, 9.17) is 0 Å². The van der Waals surface area contributed by atoms with Crippen LogP contribution in [0.4, 0.5) is 51.2 Å². The molecule has 0 saturated carbocycles. The normalized spacial score (nSPS) is 11.4. The van der Waals surface area contributed by atoms with Gasteiger partial charge in [0.1, 0.15) is 0 Å². The molecule has 0 unspecified atom stereocenters. The molecule has 0 bridgehead atoms. The van der Waals surface area contributed by atoms with Gasteiger partial charge in [-0.1, -0.05) is 183 Å². The van der Waals surface area contributed by atoms with Crippen molar-refractivity contribution in [2.45, 2.75) is 131 Å². The highest BCUT2D eigenvalue weighted by Gasteiger charge is 2.20. The summed E-state index contributed by atoms with van der Waals surface area (Å²) in [7, 11) is 0. The van der Waals surface area contributed by atoms with Crippen LogP contribution in [0.25, 0.3) is 22.3 Å². The Labute approximate surface area is 462 Å². The minimum absolute atomic E-state index is 0.0488. The average Bonchev–Trinajstić information content (AvgIpc) is 3.47. The Balaban J connectivity index is 1.03. The standard InChI is InChI=1S/C74H81N3/c1-8-12-18-56-26-40-65(41-27-56)76(66-42-28-57(29-43-66)19-13-9-2)72-24-16-22-62(54-72)60-34-48-69(49-35-60)75(71-52-38-64(39-53-71)74(5,6)7)70-50-36-61(37-51-70)63-23-17-25-73(55-63)77(67-44-30-58(31-45-67)20-14-10-3)68-46-32-59(33-47-68)21-15-11-4/h16-17,22-55H,8-15,18-21H2,1-7H3. The van der Waals surface area contributed by atoms with Gasteiger partial charge in [0.15, 0.2) is 0 Å². The van der Waals surface area contributed by atoms with Gasteiger partial charge in [0.2, 0.25) is 0 Å². The maximum absolute atomic E-state index is 2.41. The predicted molar refractivity (Wildman–Crippen MR) is 335 cm³/mol. The lowest BCUT2D eigenvalue weighted by Crippen LogP contribution is -2.13. The molecule has 392 valence electrons. The van der Waals surface area contributed by atoms with Crippen molar-refractivity contribution in [1.82, 2.24) is 0 Å². The highest BCUT2D eigenvalue weighted by atomic mass is 15.2. The molecule has 0 amide bonds. The molecular formula is C74H81N3. The number of unbranched alkanes of at least 4 members (excludes halogenated alkanes) is 4. The number of benzene rings is 9. The van der Waals surface area contributed by atoms with Gasteiger partial charge in [0.25, 0.3) is 0 Å². The smallest absolute Gasteiger partial charge is 0.0467 e. The third-order valence-electron chi connectivity index (χ3n) is 15.2. The second-order valence-corrected chi connectivity index (χ2v) is 22.1. The third kappa shape index (κ3) is 13.7. The lowest BCUT2D eigenvalue weighted by molar-refractivity contribution is 0.590. The maximum Gasteiger partial charge on any atom is 0.0467 e. The molecule has 0 radical (unpaired) electrons. The molecule has 9 rings (SSSR count). The molecule has 0 N–H and O–H groups in total. The summed E-state index contributed by atoms with van der Waals surface area (Å²) in [6.07, 6.45) is 14.0. The maximum atomic E-state index is 2.41. The summed E-state index contributed by atoms with van der Waals surface area (Å²) in [4.78, 5) is 7.20. The molecule has 0 aliphatic heterocycles. The van der Waals surface area contributed by atoms with Crippen LogP contribution in [0.3, 0.4) is 0 Å². The number of hydrogen-bond acceptors (Lipinski definition) is 3. The Hall–Kier alpha value is -7.62. The van der Waals surface area contributed by atoms with E-state index in [1.54, 1.807) is 0 Å². The molecule has 9 aromatic rings.